The van der Waals surface area contributed by atoms with E-state index in [4.69, 9.17) is 28.4 Å². The SMILES string of the molecule is CCCC/C=C/C(O)C(COC1OC(CO)C(OC2OC(CO)C(OC3OC(CO)C(O)C(O)C3O)C(O)C2O)C(O)C1O)NC(=O)CCCCCCC/C=C\CCCCCCCCC. The molecule has 17 atom stereocenters. The topological polar surface area (TPSA) is 307 Å². The van der Waals surface area contributed by atoms with Gasteiger partial charge >= 0.3 is 0 Å². The van der Waals surface area contributed by atoms with Crippen molar-refractivity contribution in [2.24, 2.45) is 0 Å². The standard InChI is InChI=1S/C46H83NO18/c1-3-5-7-9-10-11-12-13-14-15-16-17-18-19-20-22-24-34(52)47-29(30(51)23-21-8-6-4-2)28-60-44-40(58)37(55)42(32(26-49)62-44)65-46-41(59)38(56)43(33(27-50)63-46)64-45-39(57)36(54)35(53)31(25-48)61-45/h14-15,21,23,29-33,35-46,48-51,53-59H,3-13,16-20,22,24-28H2,1-2H3,(H,47,52)/b15-14-,23-21+. The molecule has 0 bridgehead atoms. The summed E-state index contributed by atoms with van der Waals surface area (Å²) < 4.78 is 33.9. The number of aliphatic hydroxyl groups is 11. The van der Waals surface area contributed by atoms with Crippen molar-refractivity contribution in [2.45, 2.75) is 234 Å². The Morgan fingerprint density at radius 2 is 0.985 bits per heavy atom. The summed E-state index contributed by atoms with van der Waals surface area (Å²) >= 11 is 0. The van der Waals surface area contributed by atoms with Crippen LogP contribution in [-0.2, 0) is 33.2 Å². The van der Waals surface area contributed by atoms with Crippen LogP contribution >= 0.6 is 0 Å². The van der Waals surface area contributed by atoms with Gasteiger partial charge in [0.15, 0.2) is 18.9 Å². The second-order valence-electron chi connectivity index (χ2n) is 17.6. The largest absolute Gasteiger partial charge is 0.394 e. The quantitative estimate of drug-likeness (QED) is 0.0322. The Labute approximate surface area is 384 Å². The highest BCUT2D eigenvalue weighted by Gasteiger charge is 2.53. The predicted octanol–water partition coefficient (Wildman–Crippen LogP) is 0.471. The molecule has 3 rings (SSSR count). The van der Waals surface area contributed by atoms with Gasteiger partial charge in [-0.05, 0) is 38.5 Å². The highest BCUT2D eigenvalue weighted by molar-refractivity contribution is 5.76. The van der Waals surface area contributed by atoms with Crippen LogP contribution in [0.4, 0.5) is 0 Å². The number of allylic oxidation sites excluding steroid dienone is 3. The molecular formula is C46H83NO18. The molecule has 17 unspecified atom stereocenters. The predicted molar refractivity (Wildman–Crippen MR) is 236 cm³/mol. The maximum Gasteiger partial charge on any atom is 0.220 e. The van der Waals surface area contributed by atoms with Gasteiger partial charge in [0, 0.05) is 6.42 Å². The summed E-state index contributed by atoms with van der Waals surface area (Å²) in [4.78, 5) is 13.1. The van der Waals surface area contributed by atoms with Crippen LogP contribution in [0.2, 0.25) is 0 Å². The Balaban J connectivity index is 1.50. The number of ether oxygens (including phenoxy) is 6. The van der Waals surface area contributed by atoms with Gasteiger partial charge in [-0.15, -0.1) is 0 Å². The molecule has 0 spiro atoms. The fourth-order valence-electron chi connectivity index (χ4n) is 8.11. The number of rotatable bonds is 32. The second kappa shape index (κ2) is 32.2. The van der Waals surface area contributed by atoms with Gasteiger partial charge in [0.1, 0.15) is 73.2 Å². The molecule has 3 aliphatic heterocycles. The molecule has 0 radical (unpaired) electrons. The number of unbranched alkanes of at least 4 members (excludes halogenated alkanes) is 14. The number of carbonyl (C=O) groups excluding carboxylic acids is 1. The van der Waals surface area contributed by atoms with Gasteiger partial charge in [-0.25, -0.2) is 0 Å². The minimum absolute atomic E-state index is 0.232. The summed E-state index contributed by atoms with van der Waals surface area (Å²) in [7, 11) is 0. The van der Waals surface area contributed by atoms with Crippen molar-refractivity contribution in [2.75, 3.05) is 26.4 Å². The smallest absolute Gasteiger partial charge is 0.220 e. The Bertz CT molecular complexity index is 1310. The number of carbonyl (C=O) groups is 1. The molecule has 3 fully saturated rings. The Kier molecular flexibility index (Phi) is 28.5. The van der Waals surface area contributed by atoms with Crippen LogP contribution < -0.4 is 5.32 Å². The van der Waals surface area contributed by atoms with Crippen molar-refractivity contribution in [3.63, 3.8) is 0 Å². The van der Waals surface area contributed by atoms with E-state index in [0.29, 0.717) is 12.8 Å². The van der Waals surface area contributed by atoms with E-state index < -0.39 is 124 Å². The molecule has 0 saturated carbocycles. The lowest BCUT2D eigenvalue weighted by Crippen LogP contribution is -2.66. The van der Waals surface area contributed by atoms with E-state index in [2.05, 4.69) is 24.4 Å². The maximum absolute atomic E-state index is 13.1. The van der Waals surface area contributed by atoms with Crippen LogP contribution in [0, 0.1) is 0 Å². The molecule has 380 valence electrons. The van der Waals surface area contributed by atoms with Gasteiger partial charge in [-0.1, -0.05) is 109 Å². The fraction of sp³-hybridized carbons (Fsp3) is 0.891. The summed E-state index contributed by atoms with van der Waals surface area (Å²) in [5.74, 6) is -0.296. The van der Waals surface area contributed by atoms with Gasteiger partial charge in [0.05, 0.1) is 38.6 Å². The average Bonchev–Trinajstić information content (AvgIpc) is 3.30. The molecule has 3 aliphatic rings. The van der Waals surface area contributed by atoms with Crippen LogP contribution in [0.15, 0.2) is 24.3 Å². The normalized spacial score (nSPS) is 34.3. The Morgan fingerprint density at radius 1 is 0.538 bits per heavy atom. The molecule has 12 N–H and O–H groups in total. The molecule has 0 aromatic carbocycles. The van der Waals surface area contributed by atoms with Crippen LogP contribution in [0.25, 0.3) is 0 Å². The van der Waals surface area contributed by atoms with Gasteiger partial charge in [0.2, 0.25) is 5.91 Å². The van der Waals surface area contributed by atoms with Crippen molar-refractivity contribution in [1.29, 1.82) is 0 Å². The third kappa shape index (κ3) is 18.9. The molecule has 0 aromatic heterocycles. The zero-order valence-corrected chi connectivity index (χ0v) is 38.5. The molecule has 19 heteroatoms. The van der Waals surface area contributed by atoms with Crippen molar-refractivity contribution in [1.82, 2.24) is 5.32 Å². The van der Waals surface area contributed by atoms with Gasteiger partial charge < -0.3 is 89.9 Å². The zero-order valence-electron chi connectivity index (χ0n) is 38.5. The monoisotopic (exact) mass is 938 g/mol. The molecule has 3 saturated heterocycles. The summed E-state index contributed by atoms with van der Waals surface area (Å²) in [5.41, 5.74) is 0. The number of amides is 1. The second-order valence-corrected chi connectivity index (χ2v) is 17.6. The minimum Gasteiger partial charge on any atom is -0.394 e. The van der Waals surface area contributed by atoms with Gasteiger partial charge in [0.25, 0.3) is 0 Å². The summed E-state index contributed by atoms with van der Waals surface area (Å²) in [6.07, 6.45) is -0.0346. The third-order valence-corrected chi connectivity index (χ3v) is 12.2. The molecule has 0 aliphatic carbocycles. The Morgan fingerprint density at radius 3 is 1.52 bits per heavy atom. The van der Waals surface area contributed by atoms with Gasteiger partial charge in [-0.3, -0.25) is 4.79 Å². The van der Waals surface area contributed by atoms with Crippen molar-refractivity contribution < 1.29 is 89.4 Å². The van der Waals surface area contributed by atoms with E-state index >= 15 is 0 Å². The lowest BCUT2D eigenvalue weighted by molar-refractivity contribution is -0.379. The molecule has 0 aromatic rings. The van der Waals surface area contributed by atoms with E-state index in [9.17, 15) is 61.0 Å². The fourth-order valence-corrected chi connectivity index (χ4v) is 8.11. The third-order valence-electron chi connectivity index (χ3n) is 12.2. The first-order chi connectivity index (χ1) is 31.3. The highest BCUT2D eigenvalue weighted by Crippen LogP contribution is 2.33. The minimum atomic E-state index is -1.97. The van der Waals surface area contributed by atoms with Gasteiger partial charge in [-0.2, -0.15) is 0 Å². The number of nitrogens with one attached hydrogen (secondary N) is 1. The molecule has 65 heavy (non-hydrogen) atoms. The number of hydrogen-bond acceptors (Lipinski definition) is 18. The van der Waals surface area contributed by atoms with Crippen LogP contribution in [0.5, 0.6) is 0 Å². The van der Waals surface area contributed by atoms with Crippen LogP contribution in [0.1, 0.15) is 129 Å². The zero-order chi connectivity index (χ0) is 47.7. The summed E-state index contributed by atoms with van der Waals surface area (Å²) in [6, 6.07) is -0.969. The van der Waals surface area contributed by atoms with E-state index in [1.165, 1.54) is 44.9 Å². The maximum atomic E-state index is 13.1. The van der Waals surface area contributed by atoms with E-state index in [0.717, 1.165) is 51.4 Å². The van der Waals surface area contributed by atoms with E-state index in [1.807, 2.05) is 6.92 Å². The first kappa shape index (κ1) is 57.6. The first-order valence-corrected chi connectivity index (χ1v) is 24.1. The van der Waals surface area contributed by atoms with Crippen molar-refractivity contribution >= 4 is 5.91 Å². The molecular weight excluding hydrogens is 854 g/mol. The number of hydrogen-bond donors (Lipinski definition) is 12. The van der Waals surface area contributed by atoms with E-state index in [-0.39, 0.29) is 18.9 Å². The summed E-state index contributed by atoms with van der Waals surface area (Å²) in [6.45, 7) is 1.49. The first-order valence-electron chi connectivity index (χ1n) is 24.1. The molecule has 19 nitrogen and oxygen atoms in total. The lowest BCUT2D eigenvalue weighted by atomic mass is 9.96. The average molecular weight is 938 g/mol. The number of aliphatic hydroxyl groups excluding tert-OH is 11. The lowest BCUT2D eigenvalue weighted by Gasteiger charge is -2.48. The molecule has 1 amide bonds. The van der Waals surface area contributed by atoms with Crippen LogP contribution in [0.3, 0.4) is 0 Å². The van der Waals surface area contributed by atoms with Crippen molar-refractivity contribution in [3.05, 3.63) is 24.3 Å². The van der Waals surface area contributed by atoms with E-state index in [1.54, 1.807) is 12.2 Å². The van der Waals surface area contributed by atoms with Crippen molar-refractivity contribution in [3.8, 4) is 0 Å². The van der Waals surface area contributed by atoms with Crippen LogP contribution in [-0.4, -0.2) is 193 Å². The Hall–Kier alpha value is -1.73. The summed E-state index contributed by atoms with van der Waals surface area (Å²) in [5, 5.41) is 119. The molecule has 3 heterocycles. The highest BCUT2D eigenvalue weighted by atomic mass is 16.8.